The van der Waals surface area contributed by atoms with Gasteiger partial charge in [-0.3, -0.25) is 19.4 Å². The molecule has 0 N–H and O–H groups in total. The molecule has 0 unspecified atom stereocenters. The minimum atomic E-state index is -0.0375. The lowest BCUT2D eigenvalue weighted by atomic mass is 9.85. The van der Waals surface area contributed by atoms with Gasteiger partial charge in [0.05, 0.1) is 18.5 Å². The van der Waals surface area contributed by atoms with Crippen molar-refractivity contribution in [2.45, 2.75) is 32.1 Å². The Morgan fingerprint density at radius 1 is 0.900 bits per heavy atom. The second kappa shape index (κ2) is 4.69. The Morgan fingerprint density at radius 2 is 1.45 bits per heavy atom. The first kappa shape index (κ1) is 12.6. The summed E-state index contributed by atoms with van der Waals surface area (Å²) in [7, 11) is 0. The van der Waals surface area contributed by atoms with Crippen LogP contribution in [0.25, 0.3) is 0 Å². The van der Waals surface area contributed by atoms with E-state index in [-0.39, 0.29) is 23.7 Å². The quantitative estimate of drug-likeness (QED) is 0.567. The highest BCUT2D eigenvalue weighted by atomic mass is 16.2. The lowest BCUT2D eigenvalue weighted by molar-refractivity contribution is -0.143. The van der Waals surface area contributed by atoms with Crippen LogP contribution in [0, 0.1) is 23.7 Å². The van der Waals surface area contributed by atoms with Crippen LogP contribution in [-0.4, -0.2) is 41.4 Å². The number of hydrogen-bond acceptors (Lipinski definition) is 3. The molecule has 0 aromatic heterocycles. The van der Waals surface area contributed by atoms with Gasteiger partial charge in [-0.2, -0.15) is 0 Å². The molecule has 0 spiro atoms. The molecule has 4 atom stereocenters. The molecule has 2 aliphatic heterocycles. The van der Waals surface area contributed by atoms with E-state index < -0.39 is 0 Å². The average Bonchev–Trinajstić information content (AvgIpc) is 3.04. The Kier molecular flexibility index (Phi) is 2.95. The second-order valence-electron chi connectivity index (χ2n) is 6.78. The largest absolute Gasteiger partial charge is 0.286 e. The number of imide groups is 1. The fourth-order valence-electron chi connectivity index (χ4n) is 4.58. The number of allylic oxidation sites excluding steroid dienone is 2. The van der Waals surface area contributed by atoms with Gasteiger partial charge in [0.25, 0.3) is 0 Å². The molecule has 2 aliphatic carbocycles. The summed E-state index contributed by atoms with van der Waals surface area (Å²) in [5.74, 6) is 0.780. The van der Waals surface area contributed by atoms with E-state index in [9.17, 15) is 9.59 Å². The molecule has 0 radical (unpaired) electrons. The maximum absolute atomic E-state index is 12.6. The third-order valence-corrected chi connectivity index (χ3v) is 5.60. The lowest BCUT2D eigenvalue weighted by Crippen LogP contribution is -2.43. The maximum Gasteiger partial charge on any atom is 0.234 e. The SMILES string of the molecule is O=C1[C@@H]2[C@@H](C(=O)N1CN1CCCCCC1)[C@H]1C=C[C@@H]2C1. The molecule has 4 rings (SSSR count). The van der Waals surface area contributed by atoms with Crippen molar-refractivity contribution in [3.63, 3.8) is 0 Å². The number of carbonyl (C=O) groups excluding carboxylic acids is 2. The van der Waals surface area contributed by atoms with E-state index in [0.717, 1.165) is 19.5 Å². The van der Waals surface area contributed by atoms with Crippen molar-refractivity contribution < 1.29 is 9.59 Å². The van der Waals surface area contributed by atoms with Crippen LogP contribution in [0.3, 0.4) is 0 Å². The Hall–Kier alpha value is -1.16. The normalized spacial score (nSPS) is 40.5. The van der Waals surface area contributed by atoms with E-state index in [0.29, 0.717) is 18.5 Å². The Bertz CT molecular complexity index is 435. The zero-order valence-electron chi connectivity index (χ0n) is 11.8. The van der Waals surface area contributed by atoms with E-state index in [2.05, 4.69) is 17.1 Å². The summed E-state index contributed by atoms with van der Waals surface area (Å²) in [6.45, 7) is 2.58. The number of fused-ring (bicyclic) bond motifs is 5. The summed E-state index contributed by atoms with van der Waals surface area (Å²) in [4.78, 5) is 29.0. The molecule has 2 heterocycles. The number of carbonyl (C=O) groups is 2. The van der Waals surface area contributed by atoms with Gasteiger partial charge in [0.2, 0.25) is 11.8 Å². The zero-order chi connectivity index (χ0) is 13.7. The summed E-state index contributed by atoms with van der Waals surface area (Å²) < 4.78 is 0. The third kappa shape index (κ3) is 1.77. The molecule has 3 fully saturated rings. The molecule has 2 amide bonds. The van der Waals surface area contributed by atoms with E-state index in [4.69, 9.17) is 0 Å². The summed E-state index contributed by atoms with van der Waals surface area (Å²) in [5, 5.41) is 0. The number of hydrogen-bond donors (Lipinski definition) is 0. The van der Waals surface area contributed by atoms with Gasteiger partial charge in [0.15, 0.2) is 0 Å². The van der Waals surface area contributed by atoms with E-state index in [1.54, 1.807) is 4.90 Å². The monoisotopic (exact) mass is 274 g/mol. The topological polar surface area (TPSA) is 40.6 Å². The van der Waals surface area contributed by atoms with Gasteiger partial charge in [-0.05, 0) is 44.2 Å². The highest BCUT2D eigenvalue weighted by Gasteiger charge is 2.59. The van der Waals surface area contributed by atoms with Crippen LogP contribution in [-0.2, 0) is 9.59 Å². The minimum Gasteiger partial charge on any atom is -0.286 e. The van der Waals surface area contributed by atoms with Crippen molar-refractivity contribution in [2.24, 2.45) is 23.7 Å². The Labute approximate surface area is 119 Å². The van der Waals surface area contributed by atoms with Gasteiger partial charge in [-0.25, -0.2) is 0 Å². The standard InChI is InChI=1S/C16H22N2O2/c19-15-13-11-5-6-12(9-11)14(13)16(20)18(15)10-17-7-3-1-2-4-8-17/h5-6,11-14H,1-4,7-10H2/t11-,12+,13-,14-/m0/s1. The fourth-order valence-corrected chi connectivity index (χ4v) is 4.58. The van der Waals surface area contributed by atoms with Gasteiger partial charge < -0.3 is 0 Å². The maximum atomic E-state index is 12.6. The van der Waals surface area contributed by atoms with Crippen molar-refractivity contribution in [1.82, 2.24) is 9.80 Å². The first-order valence-electron chi connectivity index (χ1n) is 8.01. The molecular weight excluding hydrogens is 252 g/mol. The van der Waals surface area contributed by atoms with Crippen LogP contribution < -0.4 is 0 Å². The first-order chi connectivity index (χ1) is 9.75. The first-order valence-corrected chi connectivity index (χ1v) is 8.01. The Balaban J connectivity index is 1.50. The van der Waals surface area contributed by atoms with Crippen LogP contribution >= 0.6 is 0 Å². The van der Waals surface area contributed by atoms with Gasteiger partial charge in [-0.15, -0.1) is 0 Å². The predicted molar refractivity (Wildman–Crippen MR) is 74.5 cm³/mol. The van der Waals surface area contributed by atoms with Crippen LogP contribution in [0.5, 0.6) is 0 Å². The van der Waals surface area contributed by atoms with Crippen LogP contribution in [0.15, 0.2) is 12.2 Å². The molecule has 2 saturated heterocycles. The van der Waals surface area contributed by atoms with E-state index >= 15 is 0 Å². The zero-order valence-corrected chi connectivity index (χ0v) is 11.8. The van der Waals surface area contributed by atoms with Crippen molar-refractivity contribution in [3.8, 4) is 0 Å². The molecule has 2 bridgehead atoms. The molecule has 4 aliphatic rings. The molecule has 108 valence electrons. The summed E-state index contributed by atoms with van der Waals surface area (Å²) in [5.41, 5.74) is 0. The van der Waals surface area contributed by atoms with Crippen molar-refractivity contribution in [1.29, 1.82) is 0 Å². The van der Waals surface area contributed by atoms with Crippen molar-refractivity contribution in [3.05, 3.63) is 12.2 Å². The number of likely N-dealkylation sites (tertiary alicyclic amines) is 2. The van der Waals surface area contributed by atoms with Crippen molar-refractivity contribution >= 4 is 11.8 Å². The molecule has 0 aromatic rings. The molecule has 4 heteroatoms. The lowest BCUT2D eigenvalue weighted by Gasteiger charge is -2.26. The average molecular weight is 274 g/mol. The molecular formula is C16H22N2O2. The molecule has 4 nitrogen and oxygen atoms in total. The predicted octanol–water partition coefficient (Wildman–Crippen LogP) is 1.63. The van der Waals surface area contributed by atoms with Crippen LogP contribution in [0.4, 0.5) is 0 Å². The highest BCUT2D eigenvalue weighted by Crippen LogP contribution is 2.52. The molecule has 20 heavy (non-hydrogen) atoms. The highest BCUT2D eigenvalue weighted by molar-refractivity contribution is 6.06. The molecule has 0 aromatic carbocycles. The smallest absolute Gasteiger partial charge is 0.234 e. The second-order valence-corrected chi connectivity index (χ2v) is 6.78. The number of rotatable bonds is 2. The van der Waals surface area contributed by atoms with Crippen molar-refractivity contribution in [2.75, 3.05) is 19.8 Å². The van der Waals surface area contributed by atoms with Crippen LogP contribution in [0.2, 0.25) is 0 Å². The fraction of sp³-hybridized carbons (Fsp3) is 0.750. The number of amides is 2. The Morgan fingerprint density at radius 3 is 2.00 bits per heavy atom. The van der Waals surface area contributed by atoms with E-state index in [1.807, 2.05) is 0 Å². The van der Waals surface area contributed by atoms with E-state index in [1.165, 1.54) is 25.7 Å². The third-order valence-electron chi connectivity index (χ3n) is 5.60. The molecule has 1 saturated carbocycles. The van der Waals surface area contributed by atoms with Crippen LogP contribution in [0.1, 0.15) is 32.1 Å². The van der Waals surface area contributed by atoms with Gasteiger partial charge in [0, 0.05) is 0 Å². The minimum absolute atomic E-state index is 0.0375. The summed E-state index contributed by atoms with van der Waals surface area (Å²) in [6, 6.07) is 0. The summed E-state index contributed by atoms with van der Waals surface area (Å²) >= 11 is 0. The van der Waals surface area contributed by atoms with Gasteiger partial charge in [0.1, 0.15) is 0 Å². The number of nitrogens with zero attached hydrogens (tertiary/aromatic N) is 2. The van der Waals surface area contributed by atoms with Gasteiger partial charge >= 0.3 is 0 Å². The van der Waals surface area contributed by atoms with Gasteiger partial charge in [-0.1, -0.05) is 25.0 Å². The summed E-state index contributed by atoms with van der Waals surface area (Å²) in [6.07, 6.45) is 10.3.